The second-order valence-corrected chi connectivity index (χ2v) is 5.79. The summed E-state index contributed by atoms with van der Waals surface area (Å²) in [5.41, 5.74) is 5.00. The first-order chi connectivity index (χ1) is 7.30. The quantitative estimate of drug-likeness (QED) is 0.761. The lowest BCUT2D eigenvalue weighted by molar-refractivity contribution is -0.0281. The lowest BCUT2D eigenvalue weighted by Crippen LogP contribution is -2.41. The molecule has 0 bridgehead atoms. The van der Waals surface area contributed by atoms with E-state index in [-0.39, 0.29) is 17.6 Å². The molecule has 0 aromatic carbocycles. The number of aliphatic hydroxyl groups is 1. The number of carbonyl (C=O) groups is 1. The molecule has 4 nitrogen and oxygen atoms in total. The summed E-state index contributed by atoms with van der Waals surface area (Å²) in [5.74, 6) is 0.316. The molecule has 1 unspecified atom stereocenters. The predicted molar refractivity (Wildman–Crippen MR) is 61.9 cm³/mol. The van der Waals surface area contributed by atoms with Gasteiger partial charge in [-0.3, -0.25) is 0 Å². The number of hydrogen-bond acceptors (Lipinski definition) is 3. The normalized spacial score (nSPS) is 28.5. The van der Waals surface area contributed by atoms with Crippen LogP contribution in [-0.4, -0.2) is 23.4 Å². The van der Waals surface area contributed by atoms with E-state index in [0.717, 1.165) is 25.7 Å². The Balaban J connectivity index is 2.65. The minimum Gasteiger partial charge on any atom is -0.446 e. The lowest BCUT2D eigenvalue weighted by Gasteiger charge is -2.38. The third-order valence-electron chi connectivity index (χ3n) is 3.27. The first-order valence-electron chi connectivity index (χ1n) is 5.95. The molecule has 16 heavy (non-hydrogen) atoms. The smallest absolute Gasteiger partial charge is 0.404 e. The Morgan fingerprint density at radius 3 is 2.19 bits per heavy atom. The van der Waals surface area contributed by atoms with Gasteiger partial charge in [0, 0.05) is 0 Å². The van der Waals surface area contributed by atoms with Crippen LogP contribution in [0.15, 0.2) is 0 Å². The van der Waals surface area contributed by atoms with Crippen LogP contribution in [0.1, 0.15) is 46.5 Å². The molecule has 4 heteroatoms. The SMILES string of the molecule is CC(C)(C)C(OC(N)=O)C1CCC(O)CC1. The van der Waals surface area contributed by atoms with Crippen LogP contribution in [0, 0.1) is 11.3 Å². The van der Waals surface area contributed by atoms with Crippen LogP contribution in [-0.2, 0) is 4.74 Å². The molecule has 0 aliphatic heterocycles. The zero-order valence-electron chi connectivity index (χ0n) is 10.4. The van der Waals surface area contributed by atoms with Gasteiger partial charge in [0.2, 0.25) is 0 Å². The van der Waals surface area contributed by atoms with Gasteiger partial charge in [-0.25, -0.2) is 4.79 Å². The van der Waals surface area contributed by atoms with E-state index in [9.17, 15) is 9.90 Å². The molecule has 3 N–H and O–H groups in total. The maximum Gasteiger partial charge on any atom is 0.404 e. The monoisotopic (exact) mass is 229 g/mol. The Kier molecular flexibility index (Phi) is 4.19. The minimum atomic E-state index is -0.703. The number of hydrogen-bond donors (Lipinski definition) is 2. The number of primary amides is 1. The third kappa shape index (κ3) is 3.67. The average Bonchev–Trinajstić information content (AvgIpc) is 2.14. The largest absolute Gasteiger partial charge is 0.446 e. The maximum absolute atomic E-state index is 10.9. The molecule has 1 atom stereocenters. The van der Waals surface area contributed by atoms with Crippen LogP contribution < -0.4 is 5.73 Å². The van der Waals surface area contributed by atoms with E-state index >= 15 is 0 Å². The Morgan fingerprint density at radius 1 is 1.31 bits per heavy atom. The molecule has 94 valence electrons. The number of ether oxygens (including phenoxy) is 1. The fourth-order valence-corrected chi connectivity index (χ4v) is 2.51. The first-order valence-corrected chi connectivity index (χ1v) is 5.95. The molecule has 0 aromatic rings. The molecule has 0 radical (unpaired) electrons. The molecule has 1 rings (SSSR count). The van der Waals surface area contributed by atoms with Gasteiger partial charge in [0.05, 0.1) is 6.10 Å². The fourth-order valence-electron chi connectivity index (χ4n) is 2.51. The average molecular weight is 229 g/mol. The van der Waals surface area contributed by atoms with Crippen molar-refractivity contribution in [2.24, 2.45) is 17.1 Å². The highest BCUT2D eigenvalue weighted by Gasteiger charge is 2.36. The number of nitrogens with two attached hydrogens (primary N) is 1. The van der Waals surface area contributed by atoms with Crippen molar-refractivity contribution in [3.05, 3.63) is 0 Å². The van der Waals surface area contributed by atoms with Crippen molar-refractivity contribution < 1.29 is 14.6 Å². The van der Waals surface area contributed by atoms with Crippen LogP contribution in [0.5, 0.6) is 0 Å². The highest BCUT2D eigenvalue weighted by Crippen LogP contribution is 2.36. The van der Waals surface area contributed by atoms with Crippen molar-refractivity contribution in [3.8, 4) is 0 Å². The van der Waals surface area contributed by atoms with Gasteiger partial charge in [-0.05, 0) is 37.0 Å². The molecule has 1 amide bonds. The van der Waals surface area contributed by atoms with E-state index in [0.29, 0.717) is 5.92 Å². The number of amides is 1. The van der Waals surface area contributed by atoms with Crippen molar-refractivity contribution in [1.82, 2.24) is 0 Å². The summed E-state index contributed by atoms with van der Waals surface area (Å²) in [6.07, 6.45) is 2.33. The summed E-state index contributed by atoms with van der Waals surface area (Å²) < 4.78 is 5.25. The zero-order chi connectivity index (χ0) is 12.3. The number of rotatable bonds is 2. The van der Waals surface area contributed by atoms with Crippen LogP contribution in [0.25, 0.3) is 0 Å². The van der Waals surface area contributed by atoms with Crippen molar-refractivity contribution in [2.75, 3.05) is 0 Å². The van der Waals surface area contributed by atoms with Crippen LogP contribution in [0.3, 0.4) is 0 Å². The summed E-state index contributed by atoms with van der Waals surface area (Å²) >= 11 is 0. The van der Waals surface area contributed by atoms with Gasteiger partial charge in [-0.1, -0.05) is 20.8 Å². The standard InChI is InChI=1S/C12H23NO3/c1-12(2,3)10(16-11(13)15)8-4-6-9(14)7-5-8/h8-10,14H,4-7H2,1-3H3,(H2,13,15). The summed E-state index contributed by atoms with van der Waals surface area (Å²) in [4.78, 5) is 10.9. The van der Waals surface area contributed by atoms with Crippen molar-refractivity contribution in [2.45, 2.75) is 58.7 Å². The second kappa shape index (κ2) is 5.04. The molecule has 0 heterocycles. The molecular weight excluding hydrogens is 206 g/mol. The summed E-state index contributed by atoms with van der Waals surface area (Å²) in [6, 6.07) is 0. The summed E-state index contributed by atoms with van der Waals surface area (Å²) in [6.45, 7) is 6.14. The van der Waals surface area contributed by atoms with Gasteiger partial charge >= 0.3 is 6.09 Å². The molecule has 1 saturated carbocycles. The van der Waals surface area contributed by atoms with Gasteiger partial charge in [0.1, 0.15) is 6.10 Å². The molecule has 1 aliphatic rings. The minimum absolute atomic E-state index is 0.109. The van der Waals surface area contributed by atoms with Gasteiger partial charge in [-0.15, -0.1) is 0 Å². The Morgan fingerprint density at radius 2 is 1.81 bits per heavy atom. The zero-order valence-corrected chi connectivity index (χ0v) is 10.4. The molecular formula is C12H23NO3. The molecule has 0 saturated heterocycles. The fraction of sp³-hybridized carbons (Fsp3) is 0.917. The number of carbonyl (C=O) groups excluding carboxylic acids is 1. The van der Waals surface area contributed by atoms with Gasteiger partial charge < -0.3 is 15.6 Å². The van der Waals surface area contributed by atoms with E-state index < -0.39 is 6.09 Å². The summed E-state index contributed by atoms with van der Waals surface area (Å²) in [7, 11) is 0. The van der Waals surface area contributed by atoms with Crippen molar-refractivity contribution >= 4 is 6.09 Å². The van der Waals surface area contributed by atoms with Crippen LogP contribution in [0.4, 0.5) is 4.79 Å². The molecule has 1 fully saturated rings. The second-order valence-electron chi connectivity index (χ2n) is 5.79. The van der Waals surface area contributed by atoms with Gasteiger partial charge in [-0.2, -0.15) is 0 Å². The third-order valence-corrected chi connectivity index (χ3v) is 3.27. The van der Waals surface area contributed by atoms with Gasteiger partial charge in [0.15, 0.2) is 0 Å². The molecule has 0 aromatic heterocycles. The topological polar surface area (TPSA) is 72.5 Å². The number of aliphatic hydroxyl groups excluding tert-OH is 1. The predicted octanol–water partition coefficient (Wildman–Crippen LogP) is 2.05. The van der Waals surface area contributed by atoms with Crippen LogP contribution in [0.2, 0.25) is 0 Å². The molecule has 0 spiro atoms. The maximum atomic E-state index is 10.9. The Labute approximate surface area is 97.2 Å². The van der Waals surface area contributed by atoms with E-state index in [1.807, 2.05) is 20.8 Å². The first kappa shape index (κ1) is 13.3. The highest BCUT2D eigenvalue weighted by molar-refractivity contribution is 5.64. The van der Waals surface area contributed by atoms with Crippen molar-refractivity contribution in [1.29, 1.82) is 0 Å². The van der Waals surface area contributed by atoms with Crippen molar-refractivity contribution in [3.63, 3.8) is 0 Å². The van der Waals surface area contributed by atoms with E-state index in [2.05, 4.69) is 0 Å². The van der Waals surface area contributed by atoms with Gasteiger partial charge in [0.25, 0.3) is 0 Å². The Hall–Kier alpha value is -0.770. The highest BCUT2D eigenvalue weighted by atomic mass is 16.6. The van der Waals surface area contributed by atoms with E-state index in [1.54, 1.807) is 0 Å². The Bertz CT molecular complexity index is 239. The summed E-state index contributed by atoms with van der Waals surface area (Å²) in [5, 5.41) is 9.46. The van der Waals surface area contributed by atoms with Crippen LogP contribution >= 0.6 is 0 Å². The van der Waals surface area contributed by atoms with E-state index in [1.165, 1.54) is 0 Å². The van der Waals surface area contributed by atoms with E-state index in [4.69, 9.17) is 10.5 Å². The molecule has 1 aliphatic carbocycles. The lowest BCUT2D eigenvalue weighted by atomic mass is 9.74.